The maximum Gasteiger partial charge on any atom is 0.416 e. The third kappa shape index (κ3) is 3.12. The third-order valence-electron chi connectivity index (χ3n) is 2.80. The number of hydrogen-bond acceptors (Lipinski definition) is 4. The molecular weight excluding hydrogens is 432 g/mol. The molecule has 0 N–H and O–H groups in total. The Kier molecular flexibility index (Phi) is 4.82. The maximum absolute atomic E-state index is 12.7. The Balaban J connectivity index is 2.59. The number of nitrogens with zero attached hydrogens (tertiary/aromatic N) is 2. The highest BCUT2D eigenvalue weighted by Crippen LogP contribution is 2.42. The molecule has 1 aliphatic heterocycles. The molecule has 1 unspecified atom stereocenters. The van der Waals surface area contributed by atoms with Crippen LogP contribution < -0.4 is 5.01 Å². The first kappa shape index (κ1) is 17.6. The summed E-state index contributed by atoms with van der Waals surface area (Å²) in [6.07, 6.45) is -4.60. The summed E-state index contributed by atoms with van der Waals surface area (Å²) in [6.45, 7) is 1.45. The lowest BCUT2D eigenvalue weighted by Gasteiger charge is -2.22. The number of halogens is 6. The van der Waals surface area contributed by atoms with Gasteiger partial charge in [0.1, 0.15) is 9.82 Å². The van der Waals surface area contributed by atoms with Gasteiger partial charge in [-0.05, 0) is 19.1 Å². The van der Waals surface area contributed by atoms with Crippen molar-refractivity contribution in [2.24, 2.45) is 5.10 Å². The van der Waals surface area contributed by atoms with Crippen LogP contribution in [0.5, 0.6) is 0 Å². The van der Waals surface area contributed by atoms with Gasteiger partial charge in [-0.3, -0.25) is 0 Å². The van der Waals surface area contributed by atoms with Gasteiger partial charge in [-0.15, -0.1) is 0 Å². The van der Waals surface area contributed by atoms with Gasteiger partial charge in [0.15, 0.2) is 0 Å². The average Bonchev–Trinajstić information content (AvgIpc) is 2.62. The molecule has 0 fully saturated rings. The minimum Gasteiger partial charge on any atom is -0.243 e. The molecule has 0 aromatic heterocycles. The fourth-order valence-electron chi connectivity index (χ4n) is 1.86. The fourth-order valence-corrected chi connectivity index (χ4v) is 4.14. The van der Waals surface area contributed by atoms with Crippen molar-refractivity contribution in [2.45, 2.75) is 18.1 Å². The first-order chi connectivity index (χ1) is 10.0. The van der Waals surface area contributed by atoms with E-state index in [1.165, 1.54) is 6.92 Å². The van der Waals surface area contributed by atoms with E-state index in [2.05, 4.69) is 21.0 Å². The highest BCUT2D eigenvalue weighted by Gasteiger charge is 2.36. The lowest BCUT2D eigenvalue weighted by molar-refractivity contribution is -0.137. The zero-order valence-electron chi connectivity index (χ0n) is 10.6. The van der Waals surface area contributed by atoms with E-state index in [0.29, 0.717) is 12.1 Å². The normalized spacial score (nSPS) is 18.7. The number of anilines is 1. The van der Waals surface area contributed by atoms with E-state index in [1.54, 1.807) is 0 Å². The van der Waals surface area contributed by atoms with Crippen molar-refractivity contribution in [3.63, 3.8) is 0 Å². The quantitative estimate of drug-likeness (QED) is 0.379. The predicted octanol–water partition coefficient (Wildman–Crippen LogP) is 3.98. The molecule has 1 aromatic rings. The molecule has 22 heavy (non-hydrogen) atoms. The van der Waals surface area contributed by atoms with E-state index >= 15 is 0 Å². The maximum atomic E-state index is 12.7. The van der Waals surface area contributed by atoms with Crippen LogP contribution in [0, 0.1) is 0 Å². The second-order valence-corrected chi connectivity index (χ2v) is 6.84. The second-order valence-electron chi connectivity index (χ2n) is 4.25. The van der Waals surface area contributed by atoms with Crippen molar-refractivity contribution in [3.8, 4) is 0 Å². The highest BCUT2D eigenvalue weighted by molar-refractivity contribution is 9.10. The molecule has 0 saturated heterocycles. The number of rotatable bonds is 1. The molecular formula is C11H6BrCl2F3N2O2S. The minimum absolute atomic E-state index is 0.0157. The Labute approximate surface area is 143 Å². The third-order valence-corrected chi connectivity index (χ3v) is 5.40. The molecule has 4 nitrogen and oxygen atoms in total. The van der Waals surface area contributed by atoms with Crippen molar-refractivity contribution in [2.75, 3.05) is 5.01 Å². The van der Waals surface area contributed by atoms with Gasteiger partial charge < -0.3 is 0 Å². The van der Waals surface area contributed by atoms with Crippen LogP contribution in [-0.2, 0) is 16.5 Å². The van der Waals surface area contributed by atoms with Gasteiger partial charge in [-0.2, -0.15) is 26.7 Å². The van der Waals surface area contributed by atoms with E-state index in [0.717, 1.165) is 5.01 Å². The van der Waals surface area contributed by atoms with Crippen molar-refractivity contribution < 1.29 is 21.6 Å². The molecule has 120 valence electrons. The number of hydrazone groups is 1. The monoisotopic (exact) mass is 436 g/mol. The Morgan fingerprint density at radius 1 is 1.27 bits per heavy atom. The van der Waals surface area contributed by atoms with Crippen molar-refractivity contribution >= 4 is 65.7 Å². The van der Waals surface area contributed by atoms with Crippen LogP contribution in [0.3, 0.4) is 0 Å². The molecule has 0 spiro atoms. The summed E-state index contributed by atoms with van der Waals surface area (Å²) in [5.41, 5.74) is -0.839. The van der Waals surface area contributed by atoms with E-state index < -0.39 is 27.0 Å². The SMILES string of the molecule is CC1=NN(c2c(Cl)cc(C(F)(F)F)cc2Cl)C(Br)C1=S(=O)=O. The average molecular weight is 438 g/mol. The number of alkyl halides is 4. The lowest BCUT2D eigenvalue weighted by Crippen LogP contribution is -2.28. The zero-order valence-corrected chi connectivity index (χ0v) is 14.5. The summed E-state index contributed by atoms with van der Waals surface area (Å²) in [4.78, 5) is -0.954. The summed E-state index contributed by atoms with van der Waals surface area (Å²) in [5, 5.41) is 4.51. The lowest BCUT2D eigenvalue weighted by atomic mass is 10.2. The van der Waals surface area contributed by atoms with Gasteiger partial charge in [0.25, 0.3) is 0 Å². The molecule has 0 aliphatic carbocycles. The first-order valence-corrected chi connectivity index (χ1v) is 8.30. The van der Waals surface area contributed by atoms with Crippen LogP contribution in [0.4, 0.5) is 18.9 Å². The molecule has 0 radical (unpaired) electrons. The Morgan fingerprint density at radius 2 is 1.77 bits per heavy atom. The Hall–Kier alpha value is -0.770. The molecule has 11 heteroatoms. The molecule has 2 rings (SSSR count). The van der Waals surface area contributed by atoms with Gasteiger partial charge in [0.2, 0.25) is 10.3 Å². The molecule has 1 heterocycles. The predicted molar refractivity (Wildman–Crippen MR) is 83.7 cm³/mol. The summed E-state index contributed by atoms with van der Waals surface area (Å²) < 4.78 is 60.5. The standard InChI is InChI=1S/C11H6BrCl2F3N2O2S/c1-4-9(22(20)21)10(12)19(18-4)8-6(13)2-5(3-7(8)14)11(15,16)17/h2-3,10H,1H3. The zero-order chi connectivity index (χ0) is 16.8. The topological polar surface area (TPSA) is 49.7 Å². The molecule has 0 saturated carbocycles. The fraction of sp³-hybridized carbons (Fsp3) is 0.273. The molecule has 0 amide bonds. The first-order valence-electron chi connectivity index (χ1n) is 5.55. The van der Waals surface area contributed by atoms with Crippen LogP contribution in [0.25, 0.3) is 0 Å². The van der Waals surface area contributed by atoms with Gasteiger partial charge in [0.05, 0.1) is 27.0 Å². The van der Waals surface area contributed by atoms with Crippen LogP contribution in [-0.4, -0.2) is 23.9 Å². The van der Waals surface area contributed by atoms with Crippen LogP contribution in [0.1, 0.15) is 12.5 Å². The summed E-state index contributed by atoms with van der Waals surface area (Å²) in [5.74, 6) is 0. The smallest absolute Gasteiger partial charge is 0.243 e. The Morgan fingerprint density at radius 3 is 2.14 bits per heavy atom. The largest absolute Gasteiger partial charge is 0.416 e. The van der Waals surface area contributed by atoms with Crippen molar-refractivity contribution in [3.05, 3.63) is 27.7 Å². The minimum atomic E-state index is -4.60. The summed E-state index contributed by atoms with van der Waals surface area (Å²) in [7, 11) is -2.55. The molecule has 1 aliphatic rings. The Bertz CT molecular complexity index is 777. The van der Waals surface area contributed by atoms with Crippen LogP contribution in [0.15, 0.2) is 17.2 Å². The van der Waals surface area contributed by atoms with Gasteiger partial charge in [-0.25, -0.2) is 5.01 Å². The van der Waals surface area contributed by atoms with E-state index in [4.69, 9.17) is 23.2 Å². The van der Waals surface area contributed by atoms with E-state index in [1.807, 2.05) is 0 Å². The highest BCUT2D eigenvalue weighted by atomic mass is 79.9. The molecule has 1 aromatic carbocycles. The molecule has 0 bridgehead atoms. The van der Waals surface area contributed by atoms with Gasteiger partial charge >= 0.3 is 6.18 Å². The van der Waals surface area contributed by atoms with Crippen LogP contribution in [0.2, 0.25) is 10.0 Å². The number of benzene rings is 1. The second kappa shape index (κ2) is 6.03. The summed E-state index contributed by atoms with van der Waals surface area (Å²) in [6, 6.07) is 1.42. The van der Waals surface area contributed by atoms with Gasteiger partial charge in [0, 0.05) is 0 Å². The van der Waals surface area contributed by atoms with E-state index in [9.17, 15) is 21.6 Å². The van der Waals surface area contributed by atoms with E-state index in [-0.39, 0.29) is 26.3 Å². The molecule has 1 atom stereocenters. The summed E-state index contributed by atoms with van der Waals surface area (Å²) >= 11 is 14.9. The van der Waals surface area contributed by atoms with Crippen molar-refractivity contribution in [1.82, 2.24) is 0 Å². The van der Waals surface area contributed by atoms with Crippen LogP contribution >= 0.6 is 39.1 Å². The number of hydrogen-bond donors (Lipinski definition) is 0. The van der Waals surface area contributed by atoms with Crippen molar-refractivity contribution in [1.29, 1.82) is 0 Å². The van der Waals surface area contributed by atoms with Gasteiger partial charge in [-0.1, -0.05) is 39.1 Å².